The summed E-state index contributed by atoms with van der Waals surface area (Å²) in [6.07, 6.45) is 1.96. The van der Waals surface area contributed by atoms with Gasteiger partial charge in [0.15, 0.2) is 0 Å². The zero-order valence-corrected chi connectivity index (χ0v) is 11.4. The number of nitrogens with one attached hydrogen (secondary N) is 1. The number of carboxylic acids is 1. The molecule has 2 atom stereocenters. The van der Waals surface area contributed by atoms with Crippen LogP contribution in [0.2, 0.25) is 0 Å². The number of aromatic nitrogens is 1. The molecule has 0 aliphatic heterocycles. The zero-order valence-electron chi connectivity index (χ0n) is 11.4. The van der Waals surface area contributed by atoms with Crippen LogP contribution in [0.5, 0.6) is 0 Å². The highest BCUT2D eigenvalue weighted by molar-refractivity contribution is 5.98. The summed E-state index contributed by atoms with van der Waals surface area (Å²) in [5, 5.41) is 11.6. The second-order valence-corrected chi connectivity index (χ2v) is 5.15. The maximum atomic E-state index is 11.9. The van der Waals surface area contributed by atoms with Gasteiger partial charge >= 0.3 is 5.97 Å². The molecule has 1 aliphatic rings. The zero-order chi connectivity index (χ0) is 15.0. The van der Waals surface area contributed by atoms with Crippen LogP contribution in [0, 0.1) is 18.8 Å². The molecule has 2 N–H and O–H groups in total. The number of hydrogen-bond acceptors (Lipinski definition) is 4. The average molecular weight is 286 g/mol. The Hall–Kier alpha value is -2.63. The van der Waals surface area contributed by atoms with Crippen LogP contribution in [0.25, 0.3) is 11.5 Å². The highest BCUT2D eigenvalue weighted by atomic mass is 16.4. The molecule has 1 aliphatic carbocycles. The lowest BCUT2D eigenvalue weighted by atomic mass is 10.2. The number of anilines is 1. The van der Waals surface area contributed by atoms with Crippen molar-refractivity contribution in [3.63, 3.8) is 0 Å². The Morgan fingerprint density at radius 2 is 2.19 bits per heavy atom. The first kappa shape index (κ1) is 13.4. The summed E-state index contributed by atoms with van der Waals surface area (Å²) in [5.41, 5.74) is 2.14. The summed E-state index contributed by atoms with van der Waals surface area (Å²) >= 11 is 0. The van der Waals surface area contributed by atoms with Gasteiger partial charge < -0.3 is 14.8 Å². The molecule has 6 nitrogen and oxygen atoms in total. The number of benzene rings is 1. The van der Waals surface area contributed by atoms with Gasteiger partial charge in [-0.05, 0) is 31.5 Å². The number of aryl methyl sites for hydroxylation is 1. The minimum Gasteiger partial charge on any atom is -0.481 e. The van der Waals surface area contributed by atoms with Gasteiger partial charge in [0.05, 0.1) is 17.5 Å². The normalized spacial score (nSPS) is 20.0. The highest BCUT2D eigenvalue weighted by Crippen LogP contribution is 2.39. The first-order chi connectivity index (χ1) is 10.0. The summed E-state index contributed by atoms with van der Waals surface area (Å²) in [6.45, 7) is 1.83. The van der Waals surface area contributed by atoms with Crippen molar-refractivity contribution >= 4 is 17.6 Å². The smallest absolute Gasteiger partial charge is 0.307 e. The van der Waals surface area contributed by atoms with E-state index in [9.17, 15) is 9.59 Å². The van der Waals surface area contributed by atoms with Crippen LogP contribution in [-0.2, 0) is 9.59 Å². The van der Waals surface area contributed by atoms with E-state index in [2.05, 4.69) is 10.3 Å². The molecule has 0 bridgehead atoms. The molecule has 1 fully saturated rings. The molecule has 1 saturated carbocycles. The maximum absolute atomic E-state index is 11.9. The Morgan fingerprint density at radius 1 is 1.38 bits per heavy atom. The first-order valence-corrected chi connectivity index (χ1v) is 6.61. The topological polar surface area (TPSA) is 92.4 Å². The van der Waals surface area contributed by atoms with Gasteiger partial charge in [0.25, 0.3) is 0 Å². The lowest BCUT2D eigenvalue weighted by molar-refractivity contribution is -0.139. The van der Waals surface area contributed by atoms with Crippen molar-refractivity contribution in [2.75, 3.05) is 5.32 Å². The standard InChI is InChI=1S/C15H14N2O4/c1-8-7-21-14(16-8)9-3-2-4-10(5-9)17-13(18)11-6-12(11)15(19)20/h2-5,7,11-12H,6H2,1H3,(H,17,18)(H,19,20). The number of carboxylic acid groups (broad SMARTS) is 1. The third kappa shape index (κ3) is 2.79. The van der Waals surface area contributed by atoms with Crippen LogP contribution in [0.1, 0.15) is 12.1 Å². The summed E-state index contributed by atoms with van der Waals surface area (Å²) in [4.78, 5) is 26.9. The summed E-state index contributed by atoms with van der Waals surface area (Å²) < 4.78 is 5.32. The summed E-state index contributed by atoms with van der Waals surface area (Å²) in [7, 11) is 0. The van der Waals surface area contributed by atoms with Gasteiger partial charge in [0, 0.05) is 11.3 Å². The van der Waals surface area contributed by atoms with Gasteiger partial charge in [-0.2, -0.15) is 0 Å². The number of oxazole rings is 1. The molecule has 0 radical (unpaired) electrons. The van der Waals surface area contributed by atoms with E-state index in [1.807, 2.05) is 13.0 Å². The molecule has 1 aromatic carbocycles. The van der Waals surface area contributed by atoms with Gasteiger partial charge in [0.2, 0.25) is 11.8 Å². The number of carbonyl (C=O) groups is 2. The molecule has 2 aromatic rings. The Kier molecular flexibility index (Phi) is 3.21. The van der Waals surface area contributed by atoms with Gasteiger partial charge in [-0.1, -0.05) is 6.07 Å². The van der Waals surface area contributed by atoms with Crippen molar-refractivity contribution in [1.82, 2.24) is 4.98 Å². The molecule has 108 valence electrons. The van der Waals surface area contributed by atoms with Crippen LogP contribution in [0.3, 0.4) is 0 Å². The van der Waals surface area contributed by atoms with Crippen LogP contribution < -0.4 is 5.32 Å². The summed E-state index contributed by atoms with van der Waals surface area (Å²) in [6, 6.07) is 7.11. The molecule has 6 heteroatoms. The highest BCUT2D eigenvalue weighted by Gasteiger charge is 2.48. The second-order valence-electron chi connectivity index (χ2n) is 5.15. The predicted molar refractivity (Wildman–Crippen MR) is 74.5 cm³/mol. The van der Waals surface area contributed by atoms with E-state index >= 15 is 0 Å². The molecule has 0 saturated heterocycles. The minimum atomic E-state index is -0.917. The third-order valence-electron chi connectivity index (χ3n) is 3.44. The number of carbonyl (C=O) groups excluding carboxylic acids is 1. The quantitative estimate of drug-likeness (QED) is 0.899. The SMILES string of the molecule is Cc1coc(-c2cccc(NC(=O)C3CC3C(=O)O)c2)n1. The van der Waals surface area contributed by atoms with Crippen molar-refractivity contribution in [3.8, 4) is 11.5 Å². The van der Waals surface area contributed by atoms with Gasteiger partial charge in [0.1, 0.15) is 6.26 Å². The van der Waals surface area contributed by atoms with Crippen molar-refractivity contribution in [2.45, 2.75) is 13.3 Å². The molecular weight excluding hydrogens is 272 g/mol. The van der Waals surface area contributed by atoms with E-state index in [0.29, 0.717) is 18.0 Å². The largest absolute Gasteiger partial charge is 0.481 e. The van der Waals surface area contributed by atoms with E-state index in [1.165, 1.54) is 0 Å². The molecule has 3 rings (SSSR count). The number of hydrogen-bond donors (Lipinski definition) is 2. The number of nitrogens with zero attached hydrogens (tertiary/aromatic N) is 1. The Morgan fingerprint density at radius 3 is 2.81 bits per heavy atom. The molecule has 1 aromatic heterocycles. The van der Waals surface area contributed by atoms with Gasteiger partial charge in [-0.3, -0.25) is 9.59 Å². The monoisotopic (exact) mass is 286 g/mol. The third-order valence-corrected chi connectivity index (χ3v) is 3.44. The number of amides is 1. The number of aliphatic carboxylic acids is 1. The molecular formula is C15H14N2O4. The van der Waals surface area contributed by atoms with Gasteiger partial charge in [-0.25, -0.2) is 4.98 Å². The second kappa shape index (κ2) is 5.05. The van der Waals surface area contributed by atoms with Crippen molar-refractivity contribution < 1.29 is 19.1 Å². The minimum absolute atomic E-state index is 0.261. The molecule has 0 spiro atoms. The fourth-order valence-electron chi connectivity index (χ4n) is 2.21. The molecule has 1 amide bonds. The van der Waals surface area contributed by atoms with Crippen LogP contribution >= 0.6 is 0 Å². The lowest BCUT2D eigenvalue weighted by Gasteiger charge is -2.05. The Balaban J connectivity index is 1.72. The van der Waals surface area contributed by atoms with E-state index < -0.39 is 17.8 Å². The fraction of sp³-hybridized carbons (Fsp3) is 0.267. The number of rotatable bonds is 4. The lowest BCUT2D eigenvalue weighted by Crippen LogP contribution is -2.16. The Labute approximate surface area is 120 Å². The van der Waals surface area contributed by atoms with E-state index in [-0.39, 0.29) is 5.91 Å². The molecule has 1 heterocycles. The fourth-order valence-corrected chi connectivity index (χ4v) is 2.21. The summed E-state index contributed by atoms with van der Waals surface area (Å²) in [5.74, 6) is -1.68. The van der Waals surface area contributed by atoms with E-state index in [4.69, 9.17) is 9.52 Å². The van der Waals surface area contributed by atoms with Gasteiger partial charge in [-0.15, -0.1) is 0 Å². The van der Waals surface area contributed by atoms with E-state index in [1.54, 1.807) is 24.5 Å². The maximum Gasteiger partial charge on any atom is 0.307 e. The van der Waals surface area contributed by atoms with Crippen molar-refractivity contribution in [2.24, 2.45) is 11.8 Å². The average Bonchev–Trinajstić information content (AvgIpc) is 3.15. The van der Waals surface area contributed by atoms with Crippen LogP contribution in [-0.4, -0.2) is 22.0 Å². The first-order valence-electron chi connectivity index (χ1n) is 6.61. The van der Waals surface area contributed by atoms with E-state index in [0.717, 1.165) is 11.3 Å². The van der Waals surface area contributed by atoms with Crippen LogP contribution in [0.15, 0.2) is 34.9 Å². The molecule has 21 heavy (non-hydrogen) atoms. The van der Waals surface area contributed by atoms with Crippen molar-refractivity contribution in [3.05, 3.63) is 36.2 Å². The molecule has 2 unspecified atom stereocenters. The van der Waals surface area contributed by atoms with Crippen LogP contribution in [0.4, 0.5) is 5.69 Å². The van der Waals surface area contributed by atoms with Crippen molar-refractivity contribution in [1.29, 1.82) is 0 Å². The Bertz CT molecular complexity index is 707. The predicted octanol–water partition coefficient (Wildman–Crippen LogP) is 2.31.